The van der Waals surface area contributed by atoms with Crippen LogP contribution in [-0.4, -0.2) is 28.8 Å². The fourth-order valence-electron chi connectivity index (χ4n) is 1.79. The molecule has 116 valence electrons. The van der Waals surface area contributed by atoms with E-state index in [4.69, 9.17) is 27.9 Å². The van der Waals surface area contributed by atoms with Crippen molar-refractivity contribution >= 4 is 35.1 Å². The molecule has 0 aliphatic rings. The lowest BCUT2D eigenvalue weighted by molar-refractivity contribution is -0.151. The Hall–Kier alpha value is -2.05. The van der Waals surface area contributed by atoms with Crippen molar-refractivity contribution in [3.63, 3.8) is 0 Å². The molecule has 0 saturated heterocycles. The van der Waals surface area contributed by atoms with Crippen molar-refractivity contribution in [3.05, 3.63) is 51.8 Å². The van der Waals surface area contributed by atoms with Crippen LogP contribution in [0, 0.1) is 0 Å². The molecular weight excluding hydrogens is 331 g/mol. The maximum absolute atomic E-state index is 12.1. The number of esters is 2. The molecule has 0 N–H and O–H groups in total. The zero-order valence-corrected chi connectivity index (χ0v) is 13.3. The topological polar surface area (TPSA) is 70.4 Å². The van der Waals surface area contributed by atoms with Gasteiger partial charge in [0.1, 0.15) is 0 Å². The van der Waals surface area contributed by atoms with Crippen LogP contribution in [-0.2, 0) is 21.3 Å². The Kier molecular flexibility index (Phi) is 5.05. The summed E-state index contributed by atoms with van der Waals surface area (Å²) in [5.74, 6) is -1.45. The zero-order valence-electron chi connectivity index (χ0n) is 11.7. The molecule has 2 rings (SSSR count). The molecule has 1 atom stereocenters. The standard InChI is InChI=1S/C14H12Cl2N2O4/c1-18-7-9(6-17-18)13(19)22-12(14(20)21-2)8-3-10(15)5-11(16)4-8/h3-7,12H,1-2H3/t12-/m1/s1. The van der Waals surface area contributed by atoms with Gasteiger partial charge in [-0.05, 0) is 18.2 Å². The summed E-state index contributed by atoms with van der Waals surface area (Å²) in [4.78, 5) is 24.0. The largest absolute Gasteiger partial charge is 0.466 e. The second kappa shape index (κ2) is 6.81. The van der Waals surface area contributed by atoms with E-state index in [1.165, 1.54) is 42.4 Å². The van der Waals surface area contributed by atoms with Gasteiger partial charge in [-0.1, -0.05) is 23.2 Å². The fraction of sp³-hybridized carbons (Fsp3) is 0.214. The van der Waals surface area contributed by atoms with Gasteiger partial charge in [0.2, 0.25) is 6.10 Å². The predicted molar refractivity (Wildman–Crippen MR) is 79.8 cm³/mol. The average Bonchev–Trinajstić information content (AvgIpc) is 2.89. The van der Waals surface area contributed by atoms with Gasteiger partial charge in [-0.3, -0.25) is 4.68 Å². The average molecular weight is 343 g/mol. The SMILES string of the molecule is COC(=O)[C@H](OC(=O)c1cnn(C)c1)c1cc(Cl)cc(Cl)c1. The van der Waals surface area contributed by atoms with Crippen molar-refractivity contribution in [2.75, 3.05) is 7.11 Å². The second-order valence-electron chi connectivity index (χ2n) is 4.41. The summed E-state index contributed by atoms with van der Waals surface area (Å²) in [5, 5.41) is 4.50. The van der Waals surface area contributed by atoms with Gasteiger partial charge in [0.05, 0.1) is 18.9 Å². The summed E-state index contributed by atoms with van der Waals surface area (Å²) in [6.45, 7) is 0. The number of aryl methyl sites for hydroxylation is 1. The van der Waals surface area contributed by atoms with Crippen LogP contribution in [0.3, 0.4) is 0 Å². The van der Waals surface area contributed by atoms with E-state index in [1.54, 1.807) is 7.05 Å². The molecule has 22 heavy (non-hydrogen) atoms. The second-order valence-corrected chi connectivity index (χ2v) is 5.29. The Morgan fingerprint density at radius 2 is 1.86 bits per heavy atom. The Balaban J connectivity index is 2.30. The molecule has 1 aromatic carbocycles. The van der Waals surface area contributed by atoms with Crippen LogP contribution in [0.5, 0.6) is 0 Å². The lowest BCUT2D eigenvalue weighted by Gasteiger charge is -2.16. The third kappa shape index (κ3) is 3.78. The van der Waals surface area contributed by atoms with Gasteiger partial charge in [0, 0.05) is 28.9 Å². The van der Waals surface area contributed by atoms with E-state index in [0.717, 1.165) is 0 Å². The highest BCUT2D eigenvalue weighted by Crippen LogP contribution is 2.27. The molecule has 2 aromatic rings. The van der Waals surface area contributed by atoms with Crippen molar-refractivity contribution in [1.29, 1.82) is 0 Å². The van der Waals surface area contributed by atoms with Crippen molar-refractivity contribution < 1.29 is 19.1 Å². The van der Waals surface area contributed by atoms with Crippen molar-refractivity contribution in [1.82, 2.24) is 9.78 Å². The summed E-state index contributed by atoms with van der Waals surface area (Å²) in [6.07, 6.45) is 1.54. The molecule has 0 saturated carbocycles. The van der Waals surface area contributed by atoms with Crippen LogP contribution in [0.4, 0.5) is 0 Å². The number of rotatable bonds is 4. The number of halogens is 2. The van der Waals surface area contributed by atoms with Crippen LogP contribution >= 0.6 is 23.2 Å². The third-order valence-corrected chi connectivity index (χ3v) is 3.20. The molecular formula is C14H12Cl2N2O4. The minimum absolute atomic E-state index is 0.213. The molecule has 1 aromatic heterocycles. The van der Waals surface area contributed by atoms with E-state index in [2.05, 4.69) is 9.84 Å². The monoisotopic (exact) mass is 342 g/mol. The van der Waals surface area contributed by atoms with E-state index in [9.17, 15) is 9.59 Å². The molecule has 0 bridgehead atoms. The van der Waals surface area contributed by atoms with Gasteiger partial charge in [-0.25, -0.2) is 9.59 Å². The van der Waals surface area contributed by atoms with Gasteiger partial charge in [-0.2, -0.15) is 5.10 Å². The summed E-state index contributed by atoms with van der Waals surface area (Å²) in [6, 6.07) is 4.46. The van der Waals surface area contributed by atoms with Crippen LogP contribution in [0.2, 0.25) is 10.0 Å². The molecule has 0 aliphatic carbocycles. The summed E-state index contributed by atoms with van der Waals surface area (Å²) < 4.78 is 11.3. The van der Waals surface area contributed by atoms with Gasteiger partial charge in [0.15, 0.2) is 0 Å². The van der Waals surface area contributed by atoms with E-state index < -0.39 is 18.0 Å². The molecule has 8 heteroatoms. The smallest absolute Gasteiger partial charge is 0.351 e. The molecule has 0 unspecified atom stereocenters. The highest BCUT2D eigenvalue weighted by atomic mass is 35.5. The van der Waals surface area contributed by atoms with Crippen LogP contribution in [0.15, 0.2) is 30.6 Å². The van der Waals surface area contributed by atoms with E-state index in [0.29, 0.717) is 15.6 Å². The first-order chi connectivity index (χ1) is 10.4. The highest BCUT2D eigenvalue weighted by molar-refractivity contribution is 6.34. The van der Waals surface area contributed by atoms with E-state index in [-0.39, 0.29) is 5.56 Å². The minimum atomic E-state index is -1.27. The Morgan fingerprint density at radius 1 is 1.23 bits per heavy atom. The number of carbonyl (C=O) groups excluding carboxylic acids is 2. The summed E-state index contributed by atoms with van der Waals surface area (Å²) >= 11 is 11.8. The molecule has 1 heterocycles. The Morgan fingerprint density at radius 3 is 2.36 bits per heavy atom. The number of carbonyl (C=O) groups is 2. The number of benzene rings is 1. The maximum Gasteiger partial charge on any atom is 0.351 e. The Bertz CT molecular complexity index is 694. The van der Waals surface area contributed by atoms with Gasteiger partial charge in [-0.15, -0.1) is 0 Å². The first-order valence-electron chi connectivity index (χ1n) is 6.14. The van der Waals surface area contributed by atoms with E-state index >= 15 is 0 Å². The summed E-state index contributed by atoms with van der Waals surface area (Å²) in [7, 11) is 2.85. The summed E-state index contributed by atoms with van der Waals surface area (Å²) in [5.41, 5.74) is 0.533. The van der Waals surface area contributed by atoms with Gasteiger partial charge < -0.3 is 9.47 Å². The normalized spacial score (nSPS) is 11.8. The lowest BCUT2D eigenvalue weighted by Crippen LogP contribution is -2.21. The van der Waals surface area contributed by atoms with Crippen molar-refractivity contribution in [2.45, 2.75) is 6.10 Å². The molecule has 0 amide bonds. The third-order valence-electron chi connectivity index (χ3n) is 2.77. The lowest BCUT2D eigenvalue weighted by atomic mass is 10.1. The molecule has 0 radical (unpaired) electrons. The highest BCUT2D eigenvalue weighted by Gasteiger charge is 2.27. The van der Waals surface area contributed by atoms with Crippen molar-refractivity contribution in [3.8, 4) is 0 Å². The molecule has 0 fully saturated rings. The number of nitrogens with zero attached hydrogens (tertiary/aromatic N) is 2. The fourth-order valence-corrected chi connectivity index (χ4v) is 2.33. The molecule has 6 nitrogen and oxygen atoms in total. The van der Waals surface area contributed by atoms with Crippen LogP contribution in [0.1, 0.15) is 22.0 Å². The number of methoxy groups -OCH3 is 1. The first kappa shape index (κ1) is 16.3. The number of aromatic nitrogens is 2. The van der Waals surface area contributed by atoms with Gasteiger partial charge >= 0.3 is 11.9 Å². The first-order valence-corrected chi connectivity index (χ1v) is 6.89. The number of hydrogen-bond acceptors (Lipinski definition) is 5. The molecule has 0 spiro atoms. The van der Waals surface area contributed by atoms with Crippen LogP contribution < -0.4 is 0 Å². The Labute approximate surface area is 136 Å². The number of ether oxygens (including phenoxy) is 2. The van der Waals surface area contributed by atoms with E-state index in [1.807, 2.05) is 0 Å². The number of hydrogen-bond donors (Lipinski definition) is 0. The zero-order chi connectivity index (χ0) is 16.3. The van der Waals surface area contributed by atoms with Crippen molar-refractivity contribution in [2.24, 2.45) is 7.05 Å². The molecule has 0 aliphatic heterocycles. The minimum Gasteiger partial charge on any atom is -0.466 e. The van der Waals surface area contributed by atoms with Gasteiger partial charge in [0.25, 0.3) is 0 Å². The van der Waals surface area contributed by atoms with Crippen LogP contribution in [0.25, 0.3) is 0 Å². The maximum atomic E-state index is 12.1. The quantitative estimate of drug-likeness (QED) is 0.799. The predicted octanol–water partition coefficient (Wildman–Crippen LogP) is 2.80.